The van der Waals surface area contributed by atoms with Crippen LogP contribution >= 0.6 is 0 Å². The highest BCUT2D eigenvalue weighted by Gasteiger charge is 2.24. The second kappa shape index (κ2) is 7.37. The van der Waals surface area contributed by atoms with E-state index >= 15 is 0 Å². The molecule has 0 aliphatic rings. The van der Waals surface area contributed by atoms with Gasteiger partial charge in [0.05, 0.1) is 0 Å². The zero-order valence-corrected chi connectivity index (χ0v) is 11.7. The predicted molar refractivity (Wildman–Crippen MR) is 72.9 cm³/mol. The van der Waals surface area contributed by atoms with Crippen molar-refractivity contribution >= 4 is 17.8 Å². The van der Waals surface area contributed by atoms with Gasteiger partial charge in [0.15, 0.2) is 0 Å². The van der Waals surface area contributed by atoms with Gasteiger partial charge in [-0.25, -0.2) is 4.39 Å². The van der Waals surface area contributed by atoms with E-state index in [9.17, 15) is 18.8 Å². The number of carbonyl (C=O) groups excluding carboxylic acids is 2. The zero-order chi connectivity index (χ0) is 16.0. The number of carboxylic acids is 1. The van der Waals surface area contributed by atoms with E-state index in [1.54, 1.807) is 6.07 Å². The summed E-state index contributed by atoms with van der Waals surface area (Å²) in [5.41, 5.74) is 0.259. The van der Waals surface area contributed by atoms with Gasteiger partial charge in [-0.05, 0) is 18.6 Å². The number of aliphatic carboxylic acids is 1. The third-order valence-electron chi connectivity index (χ3n) is 2.81. The molecule has 1 aromatic rings. The minimum atomic E-state index is -1.20. The fourth-order valence-corrected chi connectivity index (χ4v) is 1.71. The highest BCUT2D eigenvalue weighted by Crippen LogP contribution is 2.09. The summed E-state index contributed by atoms with van der Waals surface area (Å²) in [6.07, 6.45) is -0.0651. The van der Waals surface area contributed by atoms with Gasteiger partial charge < -0.3 is 15.7 Å². The highest BCUT2D eigenvalue weighted by molar-refractivity contribution is 5.90. The molecule has 0 spiro atoms. The molecule has 1 aromatic carbocycles. The van der Waals surface area contributed by atoms with Crippen LogP contribution in [0.25, 0.3) is 0 Å². The lowest BCUT2D eigenvalue weighted by atomic mass is 10.0. The Morgan fingerprint density at radius 3 is 2.38 bits per heavy atom. The number of nitrogens with one attached hydrogen (secondary N) is 2. The molecule has 0 radical (unpaired) electrons. The topological polar surface area (TPSA) is 95.5 Å². The molecule has 0 fully saturated rings. The van der Waals surface area contributed by atoms with Crippen LogP contribution in [-0.2, 0) is 20.8 Å². The number of benzene rings is 1. The number of hydrogen-bond acceptors (Lipinski definition) is 3. The van der Waals surface area contributed by atoms with Gasteiger partial charge >= 0.3 is 5.97 Å². The summed E-state index contributed by atoms with van der Waals surface area (Å²) in [7, 11) is 0. The summed E-state index contributed by atoms with van der Waals surface area (Å²) < 4.78 is 13.6. The van der Waals surface area contributed by atoms with Crippen LogP contribution in [0.1, 0.15) is 19.4 Å². The SMILES string of the molecule is CC(=O)N[C@H](Cc1ccccc1F)C(=O)N[C@H](C)C(=O)O. The Morgan fingerprint density at radius 1 is 1.24 bits per heavy atom. The van der Waals surface area contributed by atoms with Gasteiger partial charge in [0.1, 0.15) is 17.9 Å². The van der Waals surface area contributed by atoms with E-state index in [0.29, 0.717) is 0 Å². The fraction of sp³-hybridized carbons (Fsp3) is 0.357. The lowest BCUT2D eigenvalue weighted by Crippen LogP contribution is -2.51. The van der Waals surface area contributed by atoms with E-state index in [0.717, 1.165) is 0 Å². The molecule has 0 aromatic heterocycles. The van der Waals surface area contributed by atoms with Crippen LogP contribution < -0.4 is 10.6 Å². The van der Waals surface area contributed by atoms with Crippen molar-refractivity contribution in [1.82, 2.24) is 10.6 Å². The largest absolute Gasteiger partial charge is 0.480 e. The van der Waals surface area contributed by atoms with Crippen molar-refractivity contribution in [3.05, 3.63) is 35.6 Å². The van der Waals surface area contributed by atoms with Gasteiger partial charge in [0, 0.05) is 13.3 Å². The quantitative estimate of drug-likeness (QED) is 0.711. The number of halogens is 1. The average molecular weight is 296 g/mol. The second-order valence-corrected chi connectivity index (χ2v) is 4.62. The first-order valence-electron chi connectivity index (χ1n) is 6.35. The molecule has 2 amide bonds. The predicted octanol–water partition coefficient (Wildman–Crippen LogP) is 0.462. The van der Waals surface area contributed by atoms with Crippen molar-refractivity contribution < 1.29 is 23.9 Å². The Kier molecular flexibility index (Phi) is 5.83. The number of carboxylic acid groups (broad SMARTS) is 1. The molecule has 1 rings (SSSR count). The number of carbonyl (C=O) groups is 3. The summed E-state index contributed by atoms with van der Waals surface area (Å²) >= 11 is 0. The van der Waals surface area contributed by atoms with Crippen LogP contribution in [-0.4, -0.2) is 35.0 Å². The Bertz CT molecular complexity index is 548. The minimum Gasteiger partial charge on any atom is -0.480 e. The molecule has 114 valence electrons. The maximum atomic E-state index is 13.6. The van der Waals surface area contributed by atoms with Gasteiger partial charge in [-0.15, -0.1) is 0 Å². The average Bonchev–Trinajstić information content (AvgIpc) is 2.39. The maximum absolute atomic E-state index is 13.6. The van der Waals surface area contributed by atoms with E-state index in [-0.39, 0.29) is 12.0 Å². The van der Waals surface area contributed by atoms with Crippen molar-refractivity contribution in [2.45, 2.75) is 32.4 Å². The van der Waals surface area contributed by atoms with Crippen LogP contribution in [0, 0.1) is 5.82 Å². The van der Waals surface area contributed by atoms with Gasteiger partial charge in [-0.1, -0.05) is 18.2 Å². The van der Waals surface area contributed by atoms with Gasteiger partial charge in [0.2, 0.25) is 11.8 Å². The van der Waals surface area contributed by atoms with Crippen molar-refractivity contribution in [2.24, 2.45) is 0 Å². The van der Waals surface area contributed by atoms with Crippen molar-refractivity contribution in [3.8, 4) is 0 Å². The van der Waals surface area contributed by atoms with Gasteiger partial charge in [0.25, 0.3) is 0 Å². The molecule has 0 unspecified atom stereocenters. The molecule has 6 nitrogen and oxygen atoms in total. The first kappa shape index (κ1) is 16.6. The molecule has 2 atom stereocenters. The lowest BCUT2D eigenvalue weighted by Gasteiger charge is -2.19. The third kappa shape index (κ3) is 5.21. The molecule has 7 heteroatoms. The van der Waals surface area contributed by atoms with E-state index in [1.165, 1.54) is 32.0 Å². The van der Waals surface area contributed by atoms with Crippen molar-refractivity contribution in [1.29, 1.82) is 0 Å². The van der Waals surface area contributed by atoms with Gasteiger partial charge in [-0.2, -0.15) is 0 Å². The van der Waals surface area contributed by atoms with Crippen LogP contribution in [0.15, 0.2) is 24.3 Å². The van der Waals surface area contributed by atoms with E-state index in [4.69, 9.17) is 5.11 Å². The molecule has 21 heavy (non-hydrogen) atoms. The summed E-state index contributed by atoms with van der Waals surface area (Å²) in [4.78, 5) is 33.9. The van der Waals surface area contributed by atoms with Crippen molar-refractivity contribution in [2.75, 3.05) is 0 Å². The first-order valence-corrected chi connectivity index (χ1v) is 6.35. The maximum Gasteiger partial charge on any atom is 0.325 e. The molecule has 0 aliphatic heterocycles. The van der Waals surface area contributed by atoms with Gasteiger partial charge in [-0.3, -0.25) is 14.4 Å². The van der Waals surface area contributed by atoms with Crippen LogP contribution in [0.2, 0.25) is 0 Å². The molecule has 0 saturated heterocycles. The van der Waals surface area contributed by atoms with Crippen LogP contribution in [0.4, 0.5) is 4.39 Å². The standard InChI is InChI=1S/C14H17FN2O4/c1-8(14(20)21)16-13(19)12(17-9(2)18)7-10-5-3-4-6-11(10)15/h3-6,8,12H,7H2,1-2H3,(H,16,19)(H,17,18)(H,20,21)/t8-,12-/m1/s1. The Labute approximate surface area is 121 Å². The monoisotopic (exact) mass is 296 g/mol. The third-order valence-corrected chi connectivity index (χ3v) is 2.81. The Hall–Kier alpha value is -2.44. The number of rotatable bonds is 6. The van der Waals surface area contributed by atoms with Crippen LogP contribution in [0.3, 0.4) is 0 Å². The zero-order valence-electron chi connectivity index (χ0n) is 11.7. The highest BCUT2D eigenvalue weighted by atomic mass is 19.1. The van der Waals surface area contributed by atoms with Crippen molar-refractivity contribution in [3.63, 3.8) is 0 Å². The minimum absolute atomic E-state index is 0.0651. The summed E-state index contributed by atoms with van der Waals surface area (Å²) in [5.74, 6) is -2.83. The summed E-state index contributed by atoms with van der Waals surface area (Å²) in [5, 5.41) is 13.4. The number of amides is 2. The van der Waals surface area contributed by atoms with E-state index in [1.807, 2.05) is 0 Å². The van der Waals surface area contributed by atoms with Crippen LogP contribution in [0.5, 0.6) is 0 Å². The Morgan fingerprint density at radius 2 is 1.86 bits per heavy atom. The molecular weight excluding hydrogens is 279 g/mol. The summed E-state index contributed by atoms with van der Waals surface area (Å²) in [6.45, 7) is 2.52. The first-order chi connectivity index (χ1) is 9.81. The fourth-order valence-electron chi connectivity index (χ4n) is 1.71. The molecule has 0 bridgehead atoms. The second-order valence-electron chi connectivity index (χ2n) is 4.62. The molecule has 0 heterocycles. The lowest BCUT2D eigenvalue weighted by molar-refractivity contribution is -0.141. The normalized spacial score (nSPS) is 13.1. The molecule has 0 aliphatic carbocycles. The smallest absolute Gasteiger partial charge is 0.325 e. The van der Waals surface area contributed by atoms with E-state index < -0.39 is 35.7 Å². The molecular formula is C14H17FN2O4. The number of hydrogen-bond donors (Lipinski definition) is 3. The van der Waals surface area contributed by atoms with E-state index in [2.05, 4.69) is 10.6 Å². The molecule has 0 saturated carbocycles. The molecule has 3 N–H and O–H groups in total. The summed E-state index contributed by atoms with van der Waals surface area (Å²) in [6, 6.07) is 3.73. The Balaban J connectivity index is 2.85.